The largest absolute Gasteiger partial charge is 0.497 e. The average molecular weight is 326 g/mol. The molecule has 2 N–H and O–H groups in total. The maximum Gasteiger partial charge on any atom is 0.151 e. The highest BCUT2D eigenvalue weighted by atomic mass is 32.2. The van der Waals surface area contributed by atoms with Gasteiger partial charge in [-0.15, -0.1) is 0 Å². The SMILES string of the molecule is COc1cc2c(c(OC)c1)C(CN)N(C1CCS(=O)(=O)C1)C2. The first-order chi connectivity index (χ1) is 10.5. The Morgan fingerprint density at radius 3 is 2.64 bits per heavy atom. The molecule has 22 heavy (non-hydrogen) atoms. The van der Waals surface area contributed by atoms with E-state index in [9.17, 15) is 8.42 Å². The second-order valence-electron chi connectivity index (χ2n) is 5.88. The zero-order valence-corrected chi connectivity index (χ0v) is 13.7. The molecule has 0 aliphatic carbocycles. The monoisotopic (exact) mass is 326 g/mol. The molecule has 1 aromatic rings. The second-order valence-corrected chi connectivity index (χ2v) is 8.11. The number of sulfone groups is 1. The van der Waals surface area contributed by atoms with Crippen molar-refractivity contribution < 1.29 is 17.9 Å². The van der Waals surface area contributed by atoms with Gasteiger partial charge in [-0.3, -0.25) is 4.90 Å². The van der Waals surface area contributed by atoms with Crippen molar-refractivity contribution in [3.05, 3.63) is 23.3 Å². The summed E-state index contributed by atoms with van der Waals surface area (Å²) in [6.45, 7) is 1.12. The summed E-state index contributed by atoms with van der Waals surface area (Å²) < 4.78 is 34.4. The predicted molar refractivity (Wildman–Crippen MR) is 83.9 cm³/mol. The standard InChI is InChI=1S/C15H22N2O4S/c1-20-12-5-10-8-17(11-3-4-22(18,19)9-11)13(7-16)15(10)14(6-12)21-2/h5-6,11,13H,3-4,7-9,16H2,1-2H3. The van der Waals surface area contributed by atoms with Crippen LogP contribution in [0.15, 0.2) is 12.1 Å². The molecule has 1 saturated heterocycles. The van der Waals surface area contributed by atoms with Gasteiger partial charge < -0.3 is 15.2 Å². The minimum absolute atomic E-state index is 0.00541. The number of benzene rings is 1. The lowest BCUT2D eigenvalue weighted by Gasteiger charge is -2.29. The van der Waals surface area contributed by atoms with Crippen molar-refractivity contribution in [3.63, 3.8) is 0 Å². The summed E-state index contributed by atoms with van der Waals surface area (Å²) >= 11 is 0. The molecule has 0 bridgehead atoms. The van der Waals surface area contributed by atoms with Gasteiger partial charge in [0, 0.05) is 30.8 Å². The Balaban J connectivity index is 1.97. The van der Waals surface area contributed by atoms with Crippen molar-refractivity contribution in [1.29, 1.82) is 0 Å². The van der Waals surface area contributed by atoms with Gasteiger partial charge in [0.1, 0.15) is 11.5 Å². The third kappa shape index (κ3) is 2.57. The number of hydrogen-bond donors (Lipinski definition) is 1. The van der Waals surface area contributed by atoms with E-state index in [0.717, 1.165) is 22.6 Å². The topological polar surface area (TPSA) is 81.9 Å². The molecule has 1 fully saturated rings. The highest BCUT2D eigenvalue weighted by Crippen LogP contribution is 2.43. The Labute approximate surface area is 131 Å². The van der Waals surface area contributed by atoms with Crippen LogP contribution in [0.3, 0.4) is 0 Å². The molecular formula is C15H22N2O4S. The van der Waals surface area contributed by atoms with Crippen LogP contribution in [0.5, 0.6) is 11.5 Å². The number of methoxy groups -OCH3 is 2. The molecule has 0 aromatic heterocycles. The molecule has 2 aliphatic heterocycles. The molecule has 0 spiro atoms. The molecule has 2 heterocycles. The van der Waals surface area contributed by atoms with E-state index >= 15 is 0 Å². The zero-order chi connectivity index (χ0) is 15.9. The molecule has 0 amide bonds. The zero-order valence-electron chi connectivity index (χ0n) is 12.9. The second kappa shape index (κ2) is 5.72. The lowest BCUT2D eigenvalue weighted by molar-refractivity contribution is 0.162. The molecule has 122 valence electrons. The summed E-state index contributed by atoms with van der Waals surface area (Å²) in [6, 6.07) is 3.87. The maximum absolute atomic E-state index is 11.8. The summed E-state index contributed by atoms with van der Waals surface area (Å²) in [5.74, 6) is 1.99. The summed E-state index contributed by atoms with van der Waals surface area (Å²) in [6.07, 6.45) is 0.673. The van der Waals surface area contributed by atoms with E-state index < -0.39 is 9.84 Å². The molecule has 7 heteroatoms. The van der Waals surface area contributed by atoms with Gasteiger partial charge >= 0.3 is 0 Å². The first kappa shape index (κ1) is 15.6. The first-order valence-corrected chi connectivity index (χ1v) is 9.22. The quantitative estimate of drug-likeness (QED) is 0.877. The van der Waals surface area contributed by atoms with E-state index in [0.29, 0.717) is 19.5 Å². The molecule has 1 aromatic carbocycles. The molecule has 2 aliphatic rings. The number of rotatable bonds is 4. The molecule has 6 nitrogen and oxygen atoms in total. The number of fused-ring (bicyclic) bond motifs is 1. The Bertz CT molecular complexity index is 674. The van der Waals surface area contributed by atoms with E-state index in [1.54, 1.807) is 14.2 Å². The van der Waals surface area contributed by atoms with Crippen LogP contribution < -0.4 is 15.2 Å². The Morgan fingerprint density at radius 1 is 1.32 bits per heavy atom. The van der Waals surface area contributed by atoms with Crippen LogP contribution >= 0.6 is 0 Å². The molecule has 2 atom stereocenters. The van der Waals surface area contributed by atoms with Crippen LogP contribution in [-0.2, 0) is 16.4 Å². The van der Waals surface area contributed by atoms with Gasteiger partial charge in [0.15, 0.2) is 9.84 Å². The van der Waals surface area contributed by atoms with Crippen molar-refractivity contribution in [3.8, 4) is 11.5 Å². The molecule has 0 saturated carbocycles. The van der Waals surface area contributed by atoms with Crippen LogP contribution in [0.4, 0.5) is 0 Å². The van der Waals surface area contributed by atoms with E-state index in [1.165, 1.54) is 0 Å². The van der Waals surface area contributed by atoms with Crippen LogP contribution in [0.2, 0.25) is 0 Å². The molecule has 0 radical (unpaired) electrons. The van der Waals surface area contributed by atoms with E-state index in [4.69, 9.17) is 15.2 Å². The van der Waals surface area contributed by atoms with E-state index in [2.05, 4.69) is 4.90 Å². The van der Waals surface area contributed by atoms with Gasteiger partial charge in [0.25, 0.3) is 0 Å². The van der Waals surface area contributed by atoms with Gasteiger partial charge in [-0.2, -0.15) is 0 Å². The predicted octanol–water partition coefficient (Wildman–Crippen LogP) is 0.706. The van der Waals surface area contributed by atoms with Crippen LogP contribution in [0.1, 0.15) is 23.6 Å². The molecular weight excluding hydrogens is 304 g/mol. The van der Waals surface area contributed by atoms with Crippen molar-refractivity contribution in [2.45, 2.75) is 25.0 Å². The summed E-state index contributed by atoms with van der Waals surface area (Å²) in [5.41, 5.74) is 8.16. The lowest BCUT2D eigenvalue weighted by Crippen LogP contribution is -2.37. The fourth-order valence-corrected chi connectivity index (χ4v) is 5.34. The number of nitrogens with zero attached hydrogens (tertiary/aromatic N) is 1. The molecule has 2 unspecified atom stereocenters. The minimum Gasteiger partial charge on any atom is -0.497 e. The highest BCUT2D eigenvalue weighted by molar-refractivity contribution is 7.91. The maximum atomic E-state index is 11.8. The van der Waals surface area contributed by atoms with E-state index in [1.807, 2.05) is 12.1 Å². The van der Waals surface area contributed by atoms with Crippen LogP contribution in [-0.4, -0.2) is 51.6 Å². The Kier molecular flexibility index (Phi) is 4.05. The van der Waals surface area contributed by atoms with Gasteiger partial charge in [-0.05, 0) is 18.1 Å². The third-order valence-corrected chi connectivity index (χ3v) is 6.39. The highest BCUT2D eigenvalue weighted by Gasteiger charge is 2.41. The van der Waals surface area contributed by atoms with E-state index in [-0.39, 0.29) is 23.6 Å². The summed E-state index contributed by atoms with van der Waals surface area (Å²) in [5, 5.41) is 0. The van der Waals surface area contributed by atoms with Gasteiger partial charge in [-0.1, -0.05) is 0 Å². The summed E-state index contributed by atoms with van der Waals surface area (Å²) in [7, 11) is 0.334. The number of ether oxygens (including phenoxy) is 2. The normalized spacial score (nSPS) is 26.9. The fourth-order valence-electron chi connectivity index (χ4n) is 3.60. The van der Waals surface area contributed by atoms with Gasteiger partial charge in [-0.25, -0.2) is 8.42 Å². The molecule has 3 rings (SSSR count). The number of nitrogens with two attached hydrogens (primary N) is 1. The van der Waals surface area contributed by atoms with Crippen molar-refractivity contribution in [2.75, 3.05) is 32.3 Å². The van der Waals surface area contributed by atoms with Crippen molar-refractivity contribution in [2.24, 2.45) is 5.73 Å². The average Bonchev–Trinajstić information content (AvgIpc) is 3.05. The van der Waals surface area contributed by atoms with Crippen molar-refractivity contribution >= 4 is 9.84 Å². The Morgan fingerprint density at radius 2 is 2.09 bits per heavy atom. The Hall–Kier alpha value is -1.31. The van der Waals surface area contributed by atoms with Crippen molar-refractivity contribution in [1.82, 2.24) is 4.90 Å². The van der Waals surface area contributed by atoms with Gasteiger partial charge in [0.2, 0.25) is 0 Å². The minimum atomic E-state index is -2.92. The van der Waals surface area contributed by atoms with Crippen LogP contribution in [0.25, 0.3) is 0 Å². The fraction of sp³-hybridized carbons (Fsp3) is 0.600. The first-order valence-electron chi connectivity index (χ1n) is 7.40. The van der Waals surface area contributed by atoms with Crippen LogP contribution in [0, 0.1) is 0 Å². The summed E-state index contributed by atoms with van der Waals surface area (Å²) in [4.78, 5) is 2.21. The lowest BCUT2D eigenvalue weighted by atomic mass is 10.0. The van der Waals surface area contributed by atoms with Gasteiger partial charge in [0.05, 0.1) is 31.8 Å². The smallest absolute Gasteiger partial charge is 0.151 e. The number of hydrogen-bond acceptors (Lipinski definition) is 6. The third-order valence-electron chi connectivity index (χ3n) is 4.64.